The normalized spacial score (nSPS) is 16.3. The Balaban J connectivity index is 1.74. The molecule has 2 N–H and O–H groups in total. The summed E-state index contributed by atoms with van der Waals surface area (Å²) in [5.41, 5.74) is 4.32. The number of benzene rings is 1. The Morgan fingerprint density at radius 3 is 2.71 bits per heavy atom. The summed E-state index contributed by atoms with van der Waals surface area (Å²) in [4.78, 5) is 42.9. The maximum absolute atomic E-state index is 13.8. The molecule has 2 aromatic rings. The molecule has 2 heterocycles. The number of carbonyl (C=O) groups excluding carboxylic acids is 3. The number of halogens is 1. The van der Waals surface area contributed by atoms with Crippen LogP contribution in [-0.2, 0) is 22.4 Å². The summed E-state index contributed by atoms with van der Waals surface area (Å²) in [5.74, 6) is -0.639. The summed E-state index contributed by atoms with van der Waals surface area (Å²) in [6, 6.07) is 4.17. The maximum Gasteiger partial charge on any atom is 0.256 e. The number of hydrogen-bond acceptors (Lipinski definition) is 3. The third-order valence-electron chi connectivity index (χ3n) is 6.08. The molecule has 0 bridgehead atoms. The van der Waals surface area contributed by atoms with Crippen LogP contribution in [0.5, 0.6) is 0 Å². The molecule has 4 rings (SSSR count). The van der Waals surface area contributed by atoms with Crippen molar-refractivity contribution in [3.05, 3.63) is 52.1 Å². The molecule has 7 heteroatoms. The molecule has 0 radical (unpaired) electrons. The van der Waals surface area contributed by atoms with Crippen molar-refractivity contribution in [2.24, 2.45) is 0 Å². The van der Waals surface area contributed by atoms with Crippen LogP contribution in [0.15, 0.2) is 18.2 Å². The average molecular weight is 423 g/mol. The Bertz CT molecular complexity index is 1100. The van der Waals surface area contributed by atoms with Gasteiger partial charge in [0.1, 0.15) is 5.82 Å². The largest absolute Gasteiger partial charge is 0.358 e. The predicted molar refractivity (Wildman–Crippen MR) is 117 cm³/mol. The monoisotopic (exact) mass is 423 g/mol. The Morgan fingerprint density at radius 2 is 1.97 bits per heavy atom. The number of aryl methyl sites for hydroxylation is 1. The van der Waals surface area contributed by atoms with E-state index in [2.05, 4.69) is 10.3 Å². The van der Waals surface area contributed by atoms with E-state index >= 15 is 0 Å². The van der Waals surface area contributed by atoms with Crippen molar-refractivity contribution in [1.29, 1.82) is 0 Å². The van der Waals surface area contributed by atoms with Crippen molar-refractivity contribution in [2.45, 2.75) is 46.0 Å². The number of aromatic nitrogens is 1. The molecule has 162 valence electrons. The summed E-state index contributed by atoms with van der Waals surface area (Å²) in [5, 5.41) is 2.75. The highest BCUT2D eigenvalue weighted by Crippen LogP contribution is 2.36. The Hall–Kier alpha value is -3.22. The molecule has 0 spiro atoms. The molecular formula is C24H26FN3O3. The highest BCUT2D eigenvalue weighted by atomic mass is 19.1. The van der Waals surface area contributed by atoms with Gasteiger partial charge < -0.3 is 15.2 Å². The number of amides is 2. The maximum atomic E-state index is 13.8. The number of ketones is 1. The van der Waals surface area contributed by atoms with E-state index in [9.17, 15) is 18.8 Å². The van der Waals surface area contributed by atoms with Gasteiger partial charge in [-0.3, -0.25) is 14.4 Å². The minimum atomic E-state index is -0.424. The number of anilines is 1. The van der Waals surface area contributed by atoms with Gasteiger partial charge in [0.2, 0.25) is 5.91 Å². The number of nitrogens with zero attached hydrogens (tertiary/aromatic N) is 1. The van der Waals surface area contributed by atoms with Crippen molar-refractivity contribution in [3.8, 4) is 0 Å². The van der Waals surface area contributed by atoms with Crippen molar-refractivity contribution >= 4 is 34.9 Å². The fourth-order valence-corrected chi connectivity index (χ4v) is 4.49. The van der Waals surface area contributed by atoms with E-state index in [1.165, 1.54) is 18.2 Å². The van der Waals surface area contributed by atoms with Gasteiger partial charge in [-0.1, -0.05) is 0 Å². The molecule has 0 saturated heterocycles. The number of rotatable bonds is 6. The number of hydrogen-bond donors (Lipinski definition) is 2. The fraction of sp³-hybridized carbons (Fsp3) is 0.375. The van der Waals surface area contributed by atoms with Crippen LogP contribution in [0.2, 0.25) is 0 Å². The Kier molecular flexibility index (Phi) is 5.76. The first-order valence-electron chi connectivity index (χ1n) is 10.8. The summed E-state index contributed by atoms with van der Waals surface area (Å²) in [6.07, 6.45) is 4.37. The Labute approximate surface area is 180 Å². The Morgan fingerprint density at radius 1 is 1.19 bits per heavy atom. The molecule has 1 aliphatic carbocycles. The first-order valence-corrected chi connectivity index (χ1v) is 10.8. The van der Waals surface area contributed by atoms with Crippen molar-refractivity contribution in [2.75, 3.05) is 18.4 Å². The minimum Gasteiger partial charge on any atom is -0.358 e. The lowest BCUT2D eigenvalue weighted by molar-refractivity contribution is -0.130. The molecule has 0 saturated carbocycles. The van der Waals surface area contributed by atoms with Crippen LogP contribution in [0.25, 0.3) is 11.6 Å². The number of fused-ring (bicyclic) bond motifs is 2. The first-order chi connectivity index (χ1) is 14.9. The highest BCUT2D eigenvalue weighted by molar-refractivity contribution is 6.35. The van der Waals surface area contributed by atoms with Gasteiger partial charge in [-0.15, -0.1) is 0 Å². The summed E-state index contributed by atoms with van der Waals surface area (Å²) in [7, 11) is 0. The van der Waals surface area contributed by atoms with Gasteiger partial charge in [-0.25, -0.2) is 4.39 Å². The van der Waals surface area contributed by atoms with Gasteiger partial charge in [0.15, 0.2) is 5.78 Å². The molecule has 1 aliphatic heterocycles. The van der Waals surface area contributed by atoms with Gasteiger partial charge in [-0.05, 0) is 62.9 Å². The quantitative estimate of drug-likeness (QED) is 0.690. The zero-order chi connectivity index (χ0) is 22.1. The van der Waals surface area contributed by atoms with Gasteiger partial charge in [0, 0.05) is 54.1 Å². The topological polar surface area (TPSA) is 82.3 Å². The number of carbonyl (C=O) groups is 3. The summed E-state index contributed by atoms with van der Waals surface area (Å²) >= 11 is 0. The van der Waals surface area contributed by atoms with E-state index in [1.54, 1.807) is 11.0 Å². The molecule has 1 aromatic heterocycles. The van der Waals surface area contributed by atoms with E-state index in [0.29, 0.717) is 54.0 Å². The second kappa shape index (κ2) is 8.49. The second-order valence-electron chi connectivity index (χ2n) is 7.92. The van der Waals surface area contributed by atoms with Crippen LogP contribution in [0, 0.1) is 5.82 Å². The zero-order valence-electron chi connectivity index (χ0n) is 17.8. The number of H-pyrrole nitrogens is 1. The standard InChI is InChI=1S/C24H26FN3O3/c1-3-28(4-2)22(30)11-9-15-20(26-19-6-5-7-21(29)23(15)19)13-17-16-12-14(25)8-10-18(16)27-24(17)31/h8,10,12-13,26H,3-7,9,11H2,1-2H3,(H,27,31)/b17-13-. The third-order valence-corrected chi connectivity index (χ3v) is 6.08. The van der Waals surface area contributed by atoms with Crippen molar-refractivity contribution in [3.63, 3.8) is 0 Å². The molecule has 0 atom stereocenters. The van der Waals surface area contributed by atoms with E-state index in [0.717, 1.165) is 24.1 Å². The highest BCUT2D eigenvalue weighted by Gasteiger charge is 2.29. The summed E-state index contributed by atoms with van der Waals surface area (Å²) < 4.78 is 13.8. The molecule has 6 nitrogen and oxygen atoms in total. The predicted octanol–water partition coefficient (Wildman–Crippen LogP) is 3.97. The van der Waals surface area contributed by atoms with Crippen LogP contribution < -0.4 is 5.32 Å². The third kappa shape index (κ3) is 3.92. The van der Waals surface area contributed by atoms with E-state index in [-0.39, 0.29) is 24.0 Å². The molecule has 1 aromatic carbocycles. The van der Waals surface area contributed by atoms with Gasteiger partial charge in [0.25, 0.3) is 5.91 Å². The molecule has 2 amide bonds. The molecule has 0 unspecified atom stereocenters. The van der Waals surface area contributed by atoms with Crippen LogP contribution in [-0.4, -0.2) is 40.6 Å². The zero-order valence-corrected chi connectivity index (χ0v) is 17.8. The number of nitrogens with one attached hydrogen (secondary N) is 2. The van der Waals surface area contributed by atoms with Crippen LogP contribution in [0.1, 0.15) is 66.0 Å². The van der Waals surface area contributed by atoms with Crippen LogP contribution >= 0.6 is 0 Å². The van der Waals surface area contributed by atoms with E-state index in [4.69, 9.17) is 0 Å². The molecular weight excluding hydrogens is 397 g/mol. The smallest absolute Gasteiger partial charge is 0.256 e. The van der Waals surface area contributed by atoms with Gasteiger partial charge in [0.05, 0.1) is 5.57 Å². The van der Waals surface area contributed by atoms with Crippen molar-refractivity contribution in [1.82, 2.24) is 9.88 Å². The number of aromatic amines is 1. The second-order valence-corrected chi connectivity index (χ2v) is 7.92. The SMILES string of the molecule is CCN(CC)C(=O)CCc1c(/C=C2\C(=O)Nc3ccc(F)cc32)[nH]c2c1C(=O)CCC2. The number of Topliss-reactive ketones (excluding diaryl/α,β-unsaturated/α-hetero) is 1. The van der Waals surface area contributed by atoms with Crippen LogP contribution in [0.4, 0.5) is 10.1 Å². The van der Waals surface area contributed by atoms with Gasteiger partial charge in [-0.2, -0.15) is 0 Å². The summed E-state index contributed by atoms with van der Waals surface area (Å²) in [6.45, 7) is 5.15. The van der Waals surface area contributed by atoms with E-state index < -0.39 is 5.82 Å². The first kappa shape index (κ1) is 21.0. The fourth-order valence-electron chi connectivity index (χ4n) is 4.49. The molecule has 0 fully saturated rings. The van der Waals surface area contributed by atoms with Crippen molar-refractivity contribution < 1.29 is 18.8 Å². The van der Waals surface area contributed by atoms with Gasteiger partial charge >= 0.3 is 0 Å². The van der Waals surface area contributed by atoms with E-state index in [1.807, 2.05) is 13.8 Å². The minimum absolute atomic E-state index is 0.0350. The lowest BCUT2D eigenvalue weighted by Gasteiger charge is -2.19. The average Bonchev–Trinajstić information content (AvgIpc) is 3.25. The lowest BCUT2D eigenvalue weighted by Crippen LogP contribution is -2.30. The lowest BCUT2D eigenvalue weighted by atomic mass is 9.91. The molecule has 2 aliphatic rings. The molecule has 31 heavy (non-hydrogen) atoms. The van der Waals surface area contributed by atoms with Crippen LogP contribution in [0.3, 0.4) is 0 Å².